The summed E-state index contributed by atoms with van der Waals surface area (Å²) in [4.78, 5) is 25.7. The predicted octanol–water partition coefficient (Wildman–Crippen LogP) is 1.56. The van der Waals surface area contributed by atoms with Gasteiger partial charge >= 0.3 is 0 Å². The van der Waals surface area contributed by atoms with Gasteiger partial charge in [0.05, 0.1) is 47.7 Å². The molecule has 0 bridgehead atoms. The van der Waals surface area contributed by atoms with Crippen molar-refractivity contribution >= 4 is 22.7 Å². The van der Waals surface area contributed by atoms with E-state index in [4.69, 9.17) is 4.74 Å². The minimum atomic E-state index is -0.330. The summed E-state index contributed by atoms with van der Waals surface area (Å²) in [5, 5.41) is 20.6. The lowest BCUT2D eigenvalue weighted by molar-refractivity contribution is 0.0436. The zero-order valence-corrected chi connectivity index (χ0v) is 16.2. The first-order valence-corrected chi connectivity index (χ1v) is 9.81. The molecule has 2 aromatic heterocycles. The number of aromatic nitrogens is 4. The summed E-state index contributed by atoms with van der Waals surface area (Å²) in [5.41, 5.74) is 2.70. The molecule has 9 heteroatoms. The second-order valence-corrected chi connectivity index (χ2v) is 7.17. The summed E-state index contributed by atoms with van der Waals surface area (Å²) in [5.74, 6) is -0.410. The van der Waals surface area contributed by atoms with Crippen LogP contribution in [0, 0.1) is 0 Å². The highest BCUT2D eigenvalue weighted by Gasteiger charge is 2.30. The third-order valence-corrected chi connectivity index (χ3v) is 5.18. The molecule has 3 heterocycles. The maximum absolute atomic E-state index is 12.9. The predicted molar refractivity (Wildman–Crippen MR) is 107 cm³/mol. The van der Waals surface area contributed by atoms with Crippen LogP contribution in [0.2, 0.25) is 0 Å². The number of hydrogen-bond acceptors (Lipinski definition) is 5. The van der Waals surface area contributed by atoms with Gasteiger partial charge in [-0.2, -0.15) is 10.2 Å². The van der Waals surface area contributed by atoms with Gasteiger partial charge in [-0.15, -0.1) is 0 Å². The molecule has 1 aliphatic heterocycles. The average Bonchev–Trinajstić information content (AvgIpc) is 3.38. The van der Waals surface area contributed by atoms with Crippen molar-refractivity contribution < 1.29 is 14.3 Å². The molecule has 152 valence electrons. The van der Waals surface area contributed by atoms with Gasteiger partial charge < -0.3 is 15.4 Å². The normalized spacial score (nSPS) is 19.2. The van der Waals surface area contributed by atoms with Gasteiger partial charge in [0.15, 0.2) is 0 Å². The first-order chi connectivity index (χ1) is 14.2. The largest absolute Gasteiger partial charge is 0.379 e. The molecule has 4 rings (SSSR count). The van der Waals surface area contributed by atoms with Crippen LogP contribution >= 0.6 is 0 Å². The molecular weight excluding hydrogens is 372 g/mol. The van der Waals surface area contributed by atoms with Crippen LogP contribution in [0.1, 0.15) is 46.2 Å². The monoisotopic (exact) mass is 396 g/mol. The van der Waals surface area contributed by atoms with E-state index in [2.05, 4.69) is 31.0 Å². The Morgan fingerprint density at radius 1 is 1.10 bits per heavy atom. The highest BCUT2D eigenvalue weighted by Crippen LogP contribution is 2.17. The fourth-order valence-corrected chi connectivity index (χ4v) is 3.66. The Labute approximate surface area is 167 Å². The number of fused-ring (bicyclic) bond motifs is 1. The number of aromatic amines is 2. The van der Waals surface area contributed by atoms with E-state index in [1.54, 1.807) is 24.5 Å². The molecule has 0 aliphatic carbocycles. The number of hydrogen-bond donors (Lipinski definition) is 4. The van der Waals surface area contributed by atoms with E-state index < -0.39 is 0 Å². The van der Waals surface area contributed by atoms with E-state index in [-0.39, 0.29) is 23.9 Å². The molecule has 1 fully saturated rings. The molecule has 9 nitrogen and oxygen atoms in total. The van der Waals surface area contributed by atoms with Crippen molar-refractivity contribution in [3.63, 3.8) is 0 Å². The minimum absolute atomic E-state index is 0.190. The van der Waals surface area contributed by atoms with Crippen molar-refractivity contribution in [3.05, 3.63) is 47.4 Å². The number of ether oxygens (including phenoxy) is 1. The molecular formula is C20H24N6O3. The van der Waals surface area contributed by atoms with Gasteiger partial charge in [-0.3, -0.25) is 19.8 Å². The first-order valence-electron chi connectivity index (χ1n) is 9.81. The van der Waals surface area contributed by atoms with Crippen LogP contribution in [0.15, 0.2) is 30.6 Å². The van der Waals surface area contributed by atoms with Crippen molar-refractivity contribution in [2.24, 2.45) is 0 Å². The Morgan fingerprint density at radius 3 is 2.76 bits per heavy atom. The van der Waals surface area contributed by atoms with Crippen LogP contribution < -0.4 is 10.6 Å². The van der Waals surface area contributed by atoms with Gasteiger partial charge in [0.25, 0.3) is 11.8 Å². The minimum Gasteiger partial charge on any atom is -0.379 e. The molecule has 1 aliphatic rings. The van der Waals surface area contributed by atoms with Gasteiger partial charge in [-0.05, 0) is 25.0 Å². The fraction of sp³-hybridized carbons (Fsp3) is 0.400. The Balaban J connectivity index is 1.47. The third-order valence-electron chi connectivity index (χ3n) is 5.18. The van der Waals surface area contributed by atoms with E-state index in [9.17, 15) is 9.59 Å². The fourth-order valence-electron chi connectivity index (χ4n) is 3.66. The number of benzene rings is 1. The van der Waals surface area contributed by atoms with Crippen LogP contribution in [0.3, 0.4) is 0 Å². The van der Waals surface area contributed by atoms with E-state index >= 15 is 0 Å². The number of carbonyl (C=O) groups excluding carboxylic acids is 2. The second-order valence-electron chi connectivity index (χ2n) is 7.17. The van der Waals surface area contributed by atoms with E-state index in [0.29, 0.717) is 30.8 Å². The quantitative estimate of drug-likeness (QED) is 0.503. The zero-order valence-electron chi connectivity index (χ0n) is 16.2. The Morgan fingerprint density at radius 2 is 1.90 bits per heavy atom. The van der Waals surface area contributed by atoms with Crippen LogP contribution in [0.25, 0.3) is 10.9 Å². The zero-order chi connectivity index (χ0) is 20.2. The molecule has 1 aromatic carbocycles. The van der Waals surface area contributed by atoms with Gasteiger partial charge in [0.1, 0.15) is 0 Å². The number of nitrogens with one attached hydrogen (secondary N) is 4. The maximum Gasteiger partial charge on any atom is 0.255 e. The first kappa shape index (κ1) is 19.1. The molecule has 4 N–H and O–H groups in total. The molecule has 29 heavy (non-hydrogen) atoms. The van der Waals surface area contributed by atoms with E-state index in [0.717, 1.165) is 29.4 Å². The average molecular weight is 396 g/mol. The molecule has 3 aromatic rings. The number of amides is 2. The number of nitrogens with zero attached hydrogens (tertiary/aromatic N) is 2. The van der Waals surface area contributed by atoms with Crippen molar-refractivity contribution in [2.45, 2.75) is 38.3 Å². The SMILES string of the molecule is CCCc1[nH]ncc1C(=O)N[C@@H]1CCOC[C@@H]1NC(=O)c1cccc2[nH]ncc12. The van der Waals surface area contributed by atoms with Crippen molar-refractivity contribution in [2.75, 3.05) is 13.2 Å². The summed E-state index contributed by atoms with van der Waals surface area (Å²) < 4.78 is 5.55. The van der Waals surface area contributed by atoms with Crippen LogP contribution in [0.5, 0.6) is 0 Å². The smallest absolute Gasteiger partial charge is 0.255 e. The third kappa shape index (κ3) is 4.00. The lowest BCUT2D eigenvalue weighted by Gasteiger charge is -2.32. The number of aryl methyl sites for hydroxylation is 1. The molecule has 0 unspecified atom stereocenters. The summed E-state index contributed by atoms with van der Waals surface area (Å²) >= 11 is 0. The van der Waals surface area contributed by atoms with E-state index in [1.165, 1.54) is 0 Å². The molecule has 0 radical (unpaired) electrons. The summed E-state index contributed by atoms with van der Waals surface area (Å²) in [6, 6.07) is 4.87. The van der Waals surface area contributed by atoms with E-state index in [1.807, 2.05) is 13.0 Å². The molecule has 1 saturated heterocycles. The standard InChI is InChI=1S/C20H24N6O3/c1-2-4-15-14(10-22-25-15)20(28)23-17-7-8-29-11-18(17)24-19(27)12-5-3-6-16-13(12)9-21-26-16/h3,5-6,9-10,17-18H,2,4,7-8,11H2,1H3,(H,21,26)(H,22,25)(H,23,28)(H,24,27)/t17-,18+/m1/s1. The van der Waals surface area contributed by atoms with Gasteiger partial charge in [-0.25, -0.2) is 0 Å². The van der Waals surface area contributed by atoms with Crippen molar-refractivity contribution in [3.8, 4) is 0 Å². The van der Waals surface area contributed by atoms with Crippen LogP contribution in [-0.2, 0) is 11.2 Å². The maximum atomic E-state index is 12.9. The summed E-state index contributed by atoms with van der Waals surface area (Å²) in [7, 11) is 0. The summed E-state index contributed by atoms with van der Waals surface area (Å²) in [6.45, 7) is 2.92. The Hall–Kier alpha value is -3.20. The number of carbonyl (C=O) groups is 2. The second kappa shape index (κ2) is 8.44. The highest BCUT2D eigenvalue weighted by molar-refractivity contribution is 6.06. The molecule has 0 saturated carbocycles. The number of H-pyrrole nitrogens is 2. The summed E-state index contributed by atoms with van der Waals surface area (Å²) in [6.07, 6.45) is 5.47. The lowest BCUT2D eigenvalue weighted by Crippen LogP contribution is -2.56. The Kier molecular flexibility index (Phi) is 5.57. The van der Waals surface area contributed by atoms with Crippen molar-refractivity contribution in [1.29, 1.82) is 0 Å². The highest BCUT2D eigenvalue weighted by atomic mass is 16.5. The van der Waals surface area contributed by atoms with Gasteiger partial charge in [0.2, 0.25) is 0 Å². The Bertz CT molecular complexity index is 1010. The molecule has 2 atom stereocenters. The van der Waals surface area contributed by atoms with Gasteiger partial charge in [0, 0.05) is 17.7 Å². The van der Waals surface area contributed by atoms with Crippen molar-refractivity contribution in [1.82, 2.24) is 31.0 Å². The topological polar surface area (TPSA) is 125 Å². The van der Waals surface area contributed by atoms with Crippen LogP contribution in [0.4, 0.5) is 0 Å². The molecule has 2 amide bonds. The lowest BCUT2D eigenvalue weighted by atomic mass is 10.0. The van der Waals surface area contributed by atoms with Gasteiger partial charge in [-0.1, -0.05) is 19.4 Å². The number of rotatable bonds is 6. The van der Waals surface area contributed by atoms with Crippen LogP contribution in [-0.4, -0.2) is 57.5 Å². The molecule has 0 spiro atoms.